The first-order valence-electron chi connectivity index (χ1n) is 5.03. The van der Waals surface area contributed by atoms with E-state index < -0.39 is 0 Å². The highest BCUT2D eigenvalue weighted by Gasteiger charge is 2.12. The van der Waals surface area contributed by atoms with Gasteiger partial charge in [0, 0.05) is 13.0 Å². The molecule has 3 nitrogen and oxygen atoms in total. The molecule has 0 rings (SSSR count). The van der Waals surface area contributed by atoms with Gasteiger partial charge in [0.15, 0.2) is 0 Å². The van der Waals surface area contributed by atoms with Crippen LogP contribution in [-0.4, -0.2) is 28.9 Å². The lowest BCUT2D eigenvalue weighted by molar-refractivity contribution is -0.130. The quantitative estimate of drug-likeness (QED) is 0.685. The maximum atomic E-state index is 11.6. The van der Waals surface area contributed by atoms with Gasteiger partial charge in [0.2, 0.25) is 5.91 Å². The first-order chi connectivity index (χ1) is 6.47. The molecule has 1 amide bonds. The number of nitrogens with two attached hydrogens (primary N) is 1. The van der Waals surface area contributed by atoms with Crippen molar-refractivity contribution in [2.45, 2.75) is 33.6 Å². The van der Waals surface area contributed by atoms with E-state index in [0.717, 1.165) is 6.42 Å². The van der Waals surface area contributed by atoms with Crippen LogP contribution >= 0.6 is 12.2 Å². The van der Waals surface area contributed by atoms with E-state index in [1.54, 1.807) is 4.90 Å². The number of hydrogen-bond donors (Lipinski definition) is 1. The van der Waals surface area contributed by atoms with Crippen molar-refractivity contribution in [2.24, 2.45) is 11.7 Å². The van der Waals surface area contributed by atoms with E-state index in [4.69, 9.17) is 18.0 Å². The molecule has 0 aliphatic heterocycles. The molecule has 0 aliphatic rings. The number of carbonyl (C=O) groups is 1. The van der Waals surface area contributed by atoms with E-state index >= 15 is 0 Å². The van der Waals surface area contributed by atoms with Gasteiger partial charge < -0.3 is 10.6 Å². The molecule has 0 bridgehead atoms. The van der Waals surface area contributed by atoms with E-state index in [1.165, 1.54) is 0 Å². The van der Waals surface area contributed by atoms with Gasteiger partial charge in [0.1, 0.15) is 0 Å². The van der Waals surface area contributed by atoms with Crippen molar-refractivity contribution in [1.82, 2.24) is 4.90 Å². The summed E-state index contributed by atoms with van der Waals surface area (Å²) in [6.45, 7) is 7.23. The summed E-state index contributed by atoms with van der Waals surface area (Å²) in [5.74, 6) is 0.705. The average molecular weight is 216 g/mol. The molecule has 0 aromatic carbocycles. The molecule has 0 aromatic rings. The summed E-state index contributed by atoms with van der Waals surface area (Å²) in [5.41, 5.74) is 5.40. The zero-order valence-corrected chi connectivity index (χ0v) is 10.1. The van der Waals surface area contributed by atoms with Gasteiger partial charge in [0.05, 0.1) is 11.5 Å². The van der Waals surface area contributed by atoms with Crippen LogP contribution in [0.5, 0.6) is 0 Å². The first kappa shape index (κ1) is 13.4. The molecule has 0 aromatic heterocycles. The van der Waals surface area contributed by atoms with Gasteiger partial charge in [-0.1, -0.05) is 26.1 Å². The predicted molar refractivity (Wildman–Crippen MR) is 63.1 cm³/mol. The minimum atomic E-state index is 0.147. The Morgan fingerprint density at radius 1 is 1.50 bits per heavy atom. The third kappa shape index (κ3) is 5.91. The topological polar surface area (TPSA) is 46.3 Å². The molecule has 4 heteroatoms. The second kappa shape index (κ2) is 6.76. The highest BCUT2D eigenvalue weighted by Crippen LogP contribution is 2.06. The third-order valence-electron chi connectivity index (χ3n) is 2.02. The zero-order chi connectivity index (χ0) is 11.1. The Bertz CT molecular complexity index is 204. The van der Waals surface area contributed by atoms with Gasteiger partial charge in [-0.25, -0.2) is 0 Å². The lowest BCUT2D eigenvalue weighted by Crippen LogP contribution is -2.37. The molecular weight excluding hydrogens is 196 g/mol. The zero-order valence-electron chi connectivity index (χ0n) is 9.25. The fraction of sp³-hybridized carbons (Fsp3) is 0.800. The number of thiocarbonyl (C=S) groups is 1. The van der Waals surface area contributed by atoms with Crippen LogP contribution in [0.1, 0.15) is 33.6 Å². The molecule has 0 atom stereocenters. The minimum absolute atomic E-state index is 0.147. The summed E-state index contributed by atoms with van der Waals surface area (Å²) in [5, 5.41) is 0. The molecule has 0 saturated carbocycles. The summed E-state index contributed by atoms with van der Waals surface area (Å²) in [6.07, 6.45) is 1.51. The summed E-state index contributed by atoms with van der Waals surface area (Å²) in [7, 11) is 0. The number of rotatable bonds is 6. The van der Waals surface area contributed by atoms with Gasteiger partial charge in [-0.2, -0.15) is 0 Å². The molecule has 0 radical (unpaired) electrons. The van der Waals surface area contributed by atoms with E-state index in [1.807, 2.05) is 6.92 Å². The molecule has 82 valence electrons. The normalized spacial score (nSPS) is 10.3. The molecule has 0 unspecified atom stereocenters. The van der Waals surface area contributed by atoms with Crippen LogP contribution in [-0.2, 0) is 4.79 Å². The Balaban J connectivity index is 3.98. The molecule has 0 spiro atoms. The maximum Gasteiger partial charge on any atom is 0.222 e. The van der Waals surface area contributed by atoms with Crippen LogP contribution in [0.15, 0.2) is 0 Å². The van der Waals surface area contributed by atoms with Crippen LogP contribution in [0.4, 0.5) is 0 Å². The highest BCUT2D eigenvalue weighted by molar-refractivity contribution is 7.80. The monoisotopic (exact) mass is 216 g/mol. The molecule has 0 aliphatic carbocycles. The summed E-state index contributed by atoms with van der Waals surface area (Å²) >= 11 is 4.78. The summed E-state index contributed by atoms with van der Waals surface area (Å²) in [6, 6.07) is 0. The molecule has 0 saturated heterocycles. The standard InChI is InChI=1S/C10H20N2OS/c1-4-12(7-9(11)14)10(13)6-5-8(2)3/h8H,4-7H2,1-3H3,(H2,11,14). The molecule has 2 N–H and O–H groups in total. The number of amides is 1. The Labute approximate surface area is 91.6 Å². The van der Waals surface area contributed by atoms with Crippen LogP contribution in [0, 0.1) is 5.92 Å². The van der Waals surface area contributed by atoms with E-state index in [-0.39, 0.29) is 5.91 Å². The molecule has 0 heterocycles. The lowest BCUT2D eigenvalue weighted by Gasteiger charge is -2.20. The Kier molecular flexibility index (Phi) is 6.45. The highest BCUT2D eigenvalue weighted by atomic mass is 32.1. The molecular formula is C10H20N2OS. The second-order valence-corrected chi connectivity index (χ2v) is 4.33. The van der Waals surface area contributed by atoms with E-state index in [9.17, 15) is 4.79 Å². The van der Waals surface area contributed by atoms with Crippen molar-refractivity contribution in [3.63, 3.8) is 0 Å². The molecule has 14 heavy (non-hydrogen) atoms. The van der Waals surface area contributed by atoms with Crippen molar-refractivity contribution in [3.8, 4) is 0 Å². The average Bonchev–Trinajstić information content (AvgIpc) is 2.09. The summed E-state index contributed by atoms with van der Waals surface area (Å²) < 4.78 is 0. The van der Waals surface area contributed by atoms with Gasteiger partial charge in [-0.3, -0.25) is 4.79 Å². The Morgan fingerprint density at radius 3 is 2.43 bits per heavy atom. The Morgan fingerprint density at radius 2 is 2.07 bits per heavy atom. The third-order valence-corrected chi connectivity index (χ3v) is 2.15. The number of likely N-dealkylation sites (N-methyl/N-ethyl adjacent to an activating group) is 1. The largest absolute Gasteiger partial charge is 0.392 e. The fourth-order valence-electron chi connectivity index (χ4n) is 1.13. The number of nitrogens with zero attached hydrogens (tertiary/aromatic N) is 1. The van der Waals surface area contributed by atoms with Gasteiger partial charge in [-0.15, -0.1) is 0 Å². The van der Waals surface area contributed by atoms with Crippen LogP contribution in [0.2, 0.25) is 0 Å². The van der Waals surface area contributed by atoms with Crippen LogP contribution in [0.3, 0.4) is 0 Å². The Hall–Kier alpha value is -0.640. The van der Waals surface area contributed by atoms with Gasteiger partial charge in [0.25, 0.3) is 0 Å². The minimum Gasteiger partial charge on any atom is -0.392 e. The lowest BCUT2D eigenvalue weighted by atomic mass is 10.1. The molecule has 0 fully saturated rings. The van der Waals surface area contributed by atoms with Crippen molar-refractivity contribution in [1.29, 1.82) is 0 Å². The van der Waals surface area contributed by atoms with Crippen molar-refractivity contribution >= 4 is 23.1 Å². The van der Waals surface area contributed by atoms with Crippen molar-refractivity contribution in [2.75, 3.05) is 13.1 Å². The van der Waals surface area contributed by atoms with E-state index in [0.29, 0.717) is 30.4 Å². The van der Waals surface area contributed by atoms with Gasteiger partial charge >= 0.3 is 0 Å². The maximum absolute atomic E-state index is 11.6. The number of hydrogen-bond acceptors (Lipinski definition) is 2. The SMILES string of the molecule is CCN(CC(N)=S)C(=O)CCC(C)C. The first-order valence-corrected chi connectivity index (χ1v) is 5.44. The van der Waals surface area contributed by atoms with Crippen molar-refractivity contribution < 1.29 is 4.79 Å². The number of carbonyl (C=O) groups excluding carboxylic acids is 1. The predicted octanol–water partition coefficient (Wildman–Crippen LogP) is 1.56. The van der Waals surface area contributed by atoms with Crippen LogP contribution < -0.4 is 5.73 Å². The second-order valence-electron chi connectivity index (χ2n) is 3.81. The van der Waals surface area contributed by atoms with Crippen molar-refractivity contribution in [3.05, 3.63) is 0 Å². The smallest absolute Gasteiger partial charge is 0.222 e. The van der Waals surface area contributed by atoms with Crippen LogP contribution in [0.25, 0.3) is 0 Å². The fourth-order valence-corrected chi connectivity index (χ4v) is 1.29. The van der Waals surface area contributed by atoms with E-state index in [2.05, 4.69) is 13.8 Å². The summed E-state index contributed by atoms with van der Waals surface area (Å²) in [4.78, 5) is 13.7. The van der Waals surface area contributed by atoms with Gasteiger partial charge in [-0.05, 0) is 19.3 Å².